The van der Waals surface area contributed by atoms with Gasteiger partial charge in [-0.1, -0.05) is 30.3 Å². The van der Waals surface area contributed by atoms with E-state index in [1.807, 2.05) is 46.8 Å². The summed E-state index contributed by atoms with van der Waals surface area (Å²) in [5.41, 5.74) is 3.40. The Morgan fingerprint density at radius 1 is 1.22 bits per heavy atom. The molecule has 0 aliphatic carbocycles. The van der Waals surface area contributed by atoms with Gasteiger partial charge in [-0.25, -0.2) is 4.98 Å². The van der Waals surface area contributed by atoms with Crippen LogP contribution < -0.4 is 0 Å². The van der Waals surface area contributed by atoms with Crippen LogP contribution in [0.2, 0.25) is 0 Å². The minimum atomic E-state index is -0.245. The van der Waals surface area contributed by atoms with Crippen LogP contribution in [0.1, 0.15) is 60.3 Å². The molecule has 5 rings (SSSR count). The van der Waals surface area contributed by atoms with Gasteiger partial charge in [-0.2, -0.15) is 0 Å². The molecule has 0 radical (unpaired) electrons. The van der Waals surface area contributed by atoms with Crippen molar-refractivity contribution in [2.24, 2.45) is 0 Å². The van der Waals surface area contributed by atoms with E-state index in [1.165, 1.54) is 5.56 Å². The predicted molar refractivity (Wildman–Crippen MR) is 123 cm³/mol. The fourth-order valence-electron chi connectivity index (χ4n) is 5.16. The number of likely N-dealkylation sites (tertiary alicyclic amines) is 1. The van der Waals surface area contributed by atoms with Crippen LogP contribution in [0.3, 0.4) is 0 Å². The summed E-state index contributed by atoms with van der Waals surface area (Å²) < 4.78 is 14.7. The summed E-state index contributed by atoms with van der Waals surface area (Å²) in [5, 5.41) is 0. The van der Waals surface area contributed by atoms with Crippen LogP contribution in [0.15, 0.2) is 54.9 Å². The molecule has 0 saturated carbocycles. The number of ether oxygens (including phenoxy) is 2. The minimum Gasteiger partial charge on any atom is -0.378 e. The average molecular weight is 434 g/mol. The number of rotatable bonds is 4. The van der Waals surface area contributed by atoms with Gasteiger partial charge in [-0.3, -0.25) is 4.79 Å². The van der Waals surface area contributed by atoms with Crippen LogP contribution in [0, 0.1) is 6.92 Å². The van der Waals surface area contributed by atoms with E-state index in [-0.39, 0.29) is 23.7 Å². The van der Waals surface area contributed by atoms with Crippen molar-refractivity contribution in [1.82, 2.24) is 14.3 Å². The Hall–Kier alpha value is -2.70. The number of fused-ring (bicyclic) bond motifs is 1. The molecule has 1 aromatic carbocycles. The van der Waals surface area contributed by atoms with Crippen molar-refractivity contribution in [3.8, 4) is 0 Å². The monoisotopic (exact) mass is 433 g/mol. The summed E-state index contributed by atoms with van der Waals surface area (Å²) in [6.07, 6.45) is 7.40. The molecule has 4 heterocycles. The zero-order valence-electron chi connectivity index (χ0n) is 18.9. The number of aryl methyl sites for hydroxylation is 1. The molecule has 2 saturated heterocycles. The lowest BCUT2D eigenvalue weighted by Gasteiger charge is -2.48. The molecule has 32 heavy (non-hydrogen) atoms. The van der Waals surface area contributed by atoms with E-state index in [9.17, 15) is 4.79 Å². The second kappa shape index (κ2) is 8.68. The van der Waals surface area contributed by atoms with Gasteiger partial charge in [0.25, 0.3) is 5.91 Å². The van der Waals surface area contributed by atoms with Crippen molar-refractivity contribution in [2.45, 2.75) is 57.3 Å². The van der Waals surface area contributed by atoms with E-state index >= 15 is 0 Å². The first kappa shape index (κ1) is 21.2. The van der Waals surface area contributed by atoms with E-state index in [4.69, 9.17) is 9.47 Å². The molecule has 6 heteroatoms. The van der Waals surface area contributed by atoms with Crippen LogP contribution in [-0.4, -0.2) is 51.6 Å². The first-order valence-corrected chi connectivity index (χ1v) is 11.6. The van der Waals surface area contributed by atoms with Gasteiger partial charge in [-0.05, 0) is 49.9 Å². The van der Waals surface area contributed by atoms with E-state index in [0.29, 0.717) is 25.4 Å². The predicted octanol–water partition coefficient (Wildman–Crippen LogP) is 4.57. The third-order valence-electron chi connectivity index (χ3n) is 6.84. The fourth-order valence-corrected chi connectivity index (χ4v) is 5.16. The molecule has 2 atom stereocenters. The number of nitrogens with zero attached hydrogens (tertiary/aromatic N) is 3. The Morgan fingerprint density at radius 3 is 2.75 bits per heavy atom. The number of amides is 1. The lowest BCUT2D eigenvalue weighted by Crippen LogP contribution is -2.52. The number of benzene rings is 1. The highest BCUT2D eigenvalue weighted by molar-refractivity contribution is 5.93. The molecule has 0 bridgehead atoms. The molecular formula is C26H31N3O3. The molecule has 2 unspecified atom stereocenters. The molecule has 168 valence electrons. The van der Waals surface area contributed by atoms with Crippen LogP contribution in [-0.2, 0) is 9.47 Å². The number of pyridine rings is 1. The Kier molecular flexibility index (Phi) is 5.74. The molecule has 1 spiro atoms. The third-order valence-corrected chi connectivity index (χ3v) is 6.84. The molecule has 2 aliphatic rings. The summed E-state index contributed by atoms with van der Waals surface area (Å²) in [5.74, 6) is -0.00187. The Balaban J connectivity index is 1.30. The van der Waals surface area contributed by atoms with Gasteiger partial charge in [0, 0.05) is 44.9 Å². The molecule has 0 N–H and O–H groups in total. The van der Waals surface area contributed by atoms with E-state index < -0.39 is 0 Å². The Bertz CT molecular complexity index is 1090. The maximum absolute atomic E-state index is 13.2. The van der Waals surface area contributed by atoms with Gasteiger partial charge in [0.1, 0.15) is 11.3 Å². The second-order valence-electron chi connectivity index (χ2n) is 9.11. The number of aromatic nitrogens is 2. The van der Waals surface area contributed by atoms with E-state index in [2.05, 4.69) is 36.2 Å². The summed E-state index contributed by atoms with van der Waals surface area (Å²) in [4.78, 5) is 19.6. The minimum absolute atomic E-state index is 0.00187. The van der Waals surface area contributed by atoms with Crippen molar-refractivity contribution in [3.05, 3.63) is 71.7 Å². The highest BCUT2D eigenvalue weighted by atomic mass is 16.5. The standard InChI is InChI=1S/C26H31N3O3/c1-3-31-21-16-23(20-7-5-4-6-8-20)32-26(17-21)10-13-28(14-11-26)25(30)22-18-29-12-9-19(2)15-24(29)27-22/h4-9,12,15,18,21,23H,3,10-11,13-14,16-17H2,1-2H3. The van der Waals surface area contributed by atoms with Gasteiger partial charge in [0.05, 0.1) is 17.8 Å². The molecular weight excluding hydrogens is 402 g/mol. The van der Waals surface area contributed by atoms with Gasteiger partial charge >= 0.3 is 0 Å². The normalized spacial score (nSPS) is 23.0. The first-order chi connectivity index (χ1) is 15.5. The SMILES string of the molecule is CCOC1CC(c2ccccc2)OC2(CCN(C(=O)c3cn4ccc(C)cc4n3)CC2)C1. The maximum atomic E-state index is 13.2. The smallest absolute Gasteiger partial charge is 0.274 e. The molecule has 2 fully saturated rings. The third kappa shape index (κ3) is 4.17. The lowest BCUT2D eigenvalue weighted by atomic mass is 9.80. The van der Waals surface area contributed by atoms with Crippen LogP contribution in [0.25, 0.3) is 5.65 Å². The summed E-state index contributed by atoms with van der Waals surface area (Å²) in [7, 11) is 0. The second-order valence-corrected chi connectivity index (χ2v) is 9.11. The van der Waals surface area contributed by atoms with Gasteiger partial charge in [-0.15, -0.1) is 0 Å². The number of carbonyl (C=O) groups excluding carboxylic acids is 1. The first-order valence-electron chi connectivity index (χ1n) is 11.6. The number of hydrogen-bond donors (Lipinski definition) is 0. The molecule has 2 aromatic heterocycles. The van der Waals surface area contributed by atoms with Crippen molar-refractivity contribution in [1.29, 1.82) is 0 Å². The summed E-state index contributed by atoms with van der Waals surface area (Å²) >= 11 is 0. The Morgan fingerprint density at radius 2 is 2.00 bits per heavy atom. The van der Waals surface area contributed by atoms with E-state index in [1.54, 1.807) is 0 Å². The van der Waals surface area contributed by atoms with Crippen molar-refractivity contribution < 1.29 is 14.3 Å². The topological polar surface area (TPSA) is 56.1 Å². The quantitative estimate of drug-likeness (QED) is 0.605. The highest BCUT2D eigenvalue weighted by Crippen LogP contribution is 2.44. The number of imidazole rings is 1. The summed E-state index contributed by atoms with van der Waals surface area (Å²) in [6.45, 7) is 6.14. The number of piperidine rings is 1. The zero-order chi connectivity index (χ0) is 22.1. The molecule has 2 aliphatic heterocycles. The van der Waals surface area contributed by atoms with E-state index in [0.717, 1.165) is 36.9 Å². The van der Waals surface area contributed by atoms with Crippen LogP contribution in [0.5, 0.6) is 0 Å². The summed E-state index contributed by atoms with van der Waals surface area (Å²) in [6, 6.07) is 14.4. The largest absolute Gasteiger partial charge is 0.378 e. The molecule has 6 nitrogen and oxygen atoms in total. The molecule has 3 aromatic rings. The van der Waals surface area contributed by atoms with Gasteiger partial charge in [0.2, 0.25) is 0 Å². The zero-order valence-corrected chi connectivity index (χ0v) is 18.9. The number of hydrogen-bond acceptors (Lipinski definition) is 4. The average Bonchev–Trinajstić information content (AvgIpc) is 3.23. The fraction of sp³-hybridized carbons (Fsp3) is 0.462. The van der Waals surface area contributed by atoms with Crippen LogP contribution >= 0.6 is 0 Å². The highest BCUT2D eigenvalue weighted by Gasteiger charge is 2.45. The van der Waals surface area contributed by atoms with Gasteiger partial charge in [0.15, 0.2) is 0 Å². The van der Waals surface area contributed by atoms with Gasteiger partial charge < -0.3 is 18.8 Å². The van der Waals surface area contributed by atoms with Crippen molar-refractivity contribution in [2.75, 3.05) is 19.7 Å². The van der Waals surface area contributed by atoms with Crippen LogP contribution in [0.4, 0.5) is 0 Å². The molecule has 1 amide bonds. The Labute approximate surface area is 189 Å². The maximum Gasteiger partial charge on any atom is 0.274 e. The number of carbonyl (C=O) groups is 1. The van der Waals surface area contributed by atoms with Crippen molar-refractivity contribution >= 4 is 11.6 Å². The lowest BCUT2D eigenvalue weighted by molar-refractivity contribution is -0.190. The van der Waals surface area contributed by atoms with Crippen molar-refractivity contribution in [3.63, 3.8) is 0 Å².